The SMILES string of the molecule is CSc1ccccc1C(=O)N1C[C@H](O)C[C@@H]1C(=O)O. The van der Waals surface area contributed by atoms with Gasteiger partial charge in [-0.3, -0.25) is 4.79 Å². The number of β-amino-alcohol motifs (C(OH)–C–C–N with tert-alkyl or cyclic N) is 1. The number of aliphatic hydroxyl groups excluding tert-OH is 1. The predicted molar refractivity (Wildman–Crippen MR) is 71.3 cm³/mol. The van der Waals surface area contributed by atoms with Crippen LogP contribution in [0.15, 0.2) is 29.2 Å². The molecule has 0 saturated carbocycles. The highest BCUT2D eigenvalue weighted by Crippen LogP contribution is 2.26. The molecular formula is C13H15NO4S. The Labute approximate surface area is 115 Å². The maximum Gasteiger partial charge on any atom is 0.326 e. The van der Waals surface area contributed by atoms with Crippen molar-refractivity contribution in [2.75, 3.05) is 12.8 Å². The molecule has 1 aliphatic heterocycles. The second kappa shape index (κ2) is 5.63. The Morgan fingerprint density at radius 2 is 2.05 bits per heavy atom. The number of nitrogens with zero attached hydrogens (tertiary/aromatic N) is 1. The topological polar surface area (TPSA) is 77.8 Å². The van der Waals surface area contributed by atoms with Gasteiger partial charge in [-0.2, -0.15) is 0 Å². The van der Waals surface area contributed by atoms with Crippen LogP contribution in [0.1, 0.15) is 16.8 Å². The first kappa shape index (κ1) is 13.9. The molecule has 2 N–H and O–H groups in total. The van der Waals surface area contributed by atoms with Gasteiger partial charge < -0.3 is 15.1 Å². The number of hydrogen-bond donors (Lipinski definition) is 2. The molecule has 0 radical (unpaired) electrons. The number of hydrogen-bond acceptors (Lipinski definition) is 4. The maximum absolute atomic E-state index is 12.4. The molecule has 1 saturated heterocycles. The van der Waals surface area contributed by atoms with Crippen LogP contribution in [0.3, 0.4) is 0 Å². The number of carboxylic acid groups (broad SMARTS) is 1. The van der Waals surface area contributed by atoms with E-state index in [1.54, 1.807) is 12.1 Å². The van der Waals surface area contributed by atoms with Crippen LogP contribution in [0.2, 0.25) is 0 Å². The molecule has 2 atom stereocenters. The van der Waals surface area contributed by atoms with Gasteiger partial charge in [0.05, 0.1) is 11.7 Å². The summed E-state index contributed by atoms with van der Waals surface area (Å²) in [6, 6.07) is 6.13. The maximum atomic E-state index is 12.4. The Kier molecular flexibility index (Phi) is 4.11. The summed E-state index contributed by atoms with van der Waals surface area (Å²) < 4.78 is 0. The average molecular weight is 281 g/mol. The van der Waals surface area contributed by atoms with Crippen LogP contribution in [0.4, 0.5) is 0 Å². The van der Waals surface area contributed by atoms with Gasteiger partial charge >= 0.3 is 5.97 Å². The van der Waals surface area contributed by atoms with Crippen LogP contribution in [-0.4, -0.2) is 51.9 Å². The van der Waals surface area contributed by atoms with Crippen molar-refractivity contribution in [1.82, 2.24) is 4.90 Å². The number of thioether (sulfide) groups is 1. The van der Waals surface area contributed by atoms with E-state index in [0.717, 1.165) is 4.90 Å². The summed E-state index contributed by atoms with van der Waals surface area (Å²) in [5.41, 5.74) is 0.482. The molecule has 102 valence electrons. The molecule has 0 bridgehead atoms. The third kappa shape index (κ3) is 2.74. The average Bonchev–Trinajstić information content (AvgIpc) is 2.80. The van der Waals surface area contributed by atoms with Gasteiger partial charge in [-0.05, 0) is 18.4 Å². The van der Waals surface area contributed by atoms with Crippen molar-refractivity contribution < 1.29 is 19.8 Å². The molecule has 1 fully saturated rings. The minimum absolute atomic E-state index is 0.0680. The van der Waals surface area contributed by atoms with Crippen LogP contribution in [-0.2, 0) is 4.79 Å². The van der Waals surface area contributed by atoms with Gasteiger partial charge in [-0.25, -0.2) is 4.79 Å². The van der Waals surface area contributed by atoms with E-state index >= 15 is 0 Å². The molecule has 1 aromatic rings. The lowest BCUT2D eigenvalue weighted by Crippen LogP contribution is -2.40. The van der Waals surface area contributed by atoms with Gasteiger partial charge in [0.25, 0.3) is 5.91 Å². The fourth-order valence-electron chi connectivity index (χ4n) is 2.25. The number of benzene rings is 1. The van der Waals surface area contributed by atoms with Crippen molar-refractivity contribution in [3.8, 4) is 0 Å². The summed E-state index contributed by atoms with van der Waals surface area (Å²) in [6.07, 6.45) is 1.17. The van der Waals surface area contributed by atoms with Crippen molar-refractivity contribution in [3.05, 3.63) is 29.8 Å². The zero-order chi connectivity index (χ0) is 14.0. The highest BCUT2D eigenvalue weighted by atomic mass is 32.2. The molecule has 0 aliphatic carbocycles. The fourth-order valence-corrected chi connectivity index (χ4v) is 2.84. The molecule has 0 spiro atoms. The molecule has 5 nitrogen and oxygen atoms in total. The molecule has 2 rings (SSSR count). The van der Waals surface area contributed by atoms with Crippen LogP contribution in [0, 0.1) is 0 Å². The van der Waals surface area contributed by atoms with Crippen molar-refractivity contribution in [2.45, 2.75) is 23.5 Å². The van der Waals surface area contributed by atoms with Crippen molar-refractivity contribution in [1.29, 1.82) is 0 Å². The molecule has 6 heteroatoms. The minimum atomic E-state index is -1.08. The normalized spacial score (nSPS) is 22.5. The lowest BCUT2D eigenvalue weighted by atomic mass is 10.1. The third-order valence-electron chi connectivity index (χ3n) is 3.16. The van der Waals surface area contributed by atoms with Gasteiger partial charge in [0.2, 0.25) is 0 Å². The molecule has 1 aromatic carbocycles. The van der Waals surface area contributed by atoms with E-state index in [9.17, 15) is 14.7 Å². The van der Waals surface area contributed by atoms with Gasteiger partial charge in [0.15, 0.2) is 0 Å². The molecule has 0 aromatic heterocycles. The number of carbonyl (C=O) groups is 2. The summed E-state index contributed by atoms with van der Waals surface area (Å²) in [5, 5.41) is 18.7. The monoisotopic (exact) mass is 281 g/mol. The summed E-state index contributed by atoms with van der Waals surface area (Å²) >= 11 is 1.44. The molecule has 0 unspecified atom stereocenters. The Bertz CT molecular complexity index is 505. The lowest BCUT2D eigenvalue weighted by molar-refractivity contribution is -0.141. The third-order valence-corrected chi connectivity index (χ3v) is 3.96. The molecule has 1 heterocycles. The van der Waals surface area contributed by atoms with Crippen molar-refractivity contribution in [3.63, 3.8) is 0 Å². The molecule has 19 heavy (non-hydrogen) atoms. The van der Waals surface area contributed by atoms with E-state index in [1.165, 1.54) is 16.7 Å². The smallest absolute Gasteiger partial charge is 0.326 e. The zero-order valence-corrected chi connectivity index (χ0v) is 11.3. The molecule has 1 amide bonds. The van der Waals surface area contributed by atoms with E-state index in [0.29, 0.717) is 5.56 Å². The quantitative estimate of drug-likeness (QED) is 0.810. The summed E-state index contributed by atoms with van der Waals surface area (Å²) in [5.74, 6) is -1.42. The number of amides is 1. The minimum Gasteiger partial charge on any atom is -0.480 e. The number of aliphatic hydroxyl groups is 1. The second-order valence-corrected chi connectivity index (χ2v) is 5.25. The van der Waals surface area contributed by atoms with E-state index in [-0.39, 0.29) is 18.9 Å². The van der Waals surface area contributed by atoms with E-state index in [2.05, 4.69) is 0 Å². The highest BCUT2D eigenvalue weighted by molar-refractivity contribution is 7.98. The largest absolute Gasteiger partial charge is 0.480 e. The first-order chi connectivity index (χ1) is 9.04. The zero-order valence-electron chi connectivity index (χ0n) is 10.4. The lowest BCUT2D eigenvalue weighted by Gasteiger charge is -2.22. The van der Waals surface area contributed by atoms with E-state index in [4.69, 9.17) is 5.11 Å². The van der Waals surface area contributed by atoms with Crippen LogP contribution >= 0.6 is 11.8 Å². The van der Waals surface area contributed by atoms with Crippen molar-refractivity contribution >= 4 is 23.6 Å². The van der Waals surface area contributed by atoms with E-state index in [1.807, 2.05) is 18.4 Å². The van der Waals surface area contributed by atoms with E-state index < -0.39 is 18.1 Å². The van der Waals surface area contributed by atoms with Crippen LogP contribution < -0.4 is 0 Å². The van der Waals surface area contributed by atoms with Crippen LogP contribution in [0.25, 0.3) is 0 Å². The number of carbonyl (C=O) groups excluding carboxylic acids is 1. The summed E-state index contributed by atoms with van der Waals surface area (Å²) in [4.78, 5) is 25.6. The first-order valence-corrected chi connectivity index (χ1v) is 7.12. The fraction of sp³-hybridized carbons (Fsp3) is 0.385. The Morgan fingerprint density at radius 1 is 1.37 bits per heavy atom. The van der Waals surface area contributed by atoms with Gasteiger partial charge in [-0.1, -0.05) is 12.1 Å². The first-order valence-electron chi connectivity index (χ1n) is 5.89. The number of likely N-dealkylation sites (tertiary alicyclic amines) is 1. The second-order valence-electron chi connectivity index (χ2n) is 4.40. The summed E-state index contributed by atoms with van der Waals surface area (Å²) in [7, 11) is 0. The van der Waals surface area contributed by atoms with Crippen LogP contribution in [0.5, 0.6) is 0 Å². The van der Waals surface area contributed by atoms with Gasteiger partial charge in [0.1, 0.15) is 6.04 Å². The molecule has 1 aliphatic rings. The standard InChI is InChI=1S/C13H15NO4S/c1-19-11-5-3-2-4-9(11)12(16)14-7-8(15)6-10(14)13(17)18/h2-5,8,10,15H,6-7H2,1H3,(H,17,18)/t8-,10-/m1/s1. The number of aliphatic carboxylic acids is 1. The number of rotatable bonds is 3. The number of carboxylic acids is 1. The highest BCUT2D eigenvalue weighted by Gasteiger charge is 2.39. The molecular weight excluding hydrogens is 266 g/mol. The van der Waals surface area contributed by atoms with Gasteiger partial charge in [-0.15, -0.1) is 11.8 Å². The Hall–Kier alpha value is -1.53. The predicted octanol–water partition coefficient (Wildman–Crippen LogP) is 1.07. The Morgan fingerprint density at radius 3 is 2.68 bits per heavy atom. The summed E-state index contributed by atoms with van der Waals surface area (Å²) in [6.45, 7) is 0.0680. The van der Waals surface area contributed by atoms with Gasteiger partial charge in [0, 0.05) is 17.9 Å². The van der Waals surface area contributed by atoms with Crippen molar-refractivity contribution in [2.24, 2.45) is 0 Å². The Balaban J connectivity index is 2.30.